The predicted octanol–water partition coefficient (Wildman–Crippen LogP) is 5.50. The zero-order valence-electron chi connectivity index (χ0n) is 25.0. The van der Waals surface area contributed by atoms with E-state index in [1.54, 1.807) is 19.4 Å². The maximum absolute atomic E-state index is 12.4. The normalized spacial score (nSPS) is 43.8. The number of rotatable bonds is 4. The molecule has 6 nitrogen and oxygen atoms in total. The lowest BCUT2D eigenvalue weighted by atomic mass is 9.52. The van der Waals surface area contributed by atoms with Crippen LogP contribution < -0.4 is 0 Å². The molecule has 5 fully saturated rings. The first-order valence-corrected chi connectivity index (χ1v) is 16.3. The van der Waals surface area contributed by atoms with Gasteiger partial charge in [-0.05, 0) is 107 Å². The van der Waals surface area contributed by atoms with Crippen LogP contribution in [0.3, 0.4) is 0 Å². The van der Waals surface area contributed by atoms with Gasteiger partial charge >= 0.3 is 11.9 Å². The van der Waals surface area contributed by atoms with Crippen LogP contribution in [0.1, 0.15) is 97.8 Å². The summed E-state index contributed by atoms with van der Waals surface area (Å²) in [6.45, 7) is 10.4. The highest BCUT2D eigenvalue weighted by Crippen LogP contribution is 2.64. The molecular weight excluding hydrogens is 488 g/mol. The molecule has 0 N–H and O–H groups in total. The zero-order chi connectivity index (χ0) is 27.4. The Morgan fingerprint density at radius 2 is 1.62 bits per heavy atom. The molecule has 6 aliphatic rings. The first-order valence-electron chi connectivity index (χ1n) is 16.3. The second-order valence-corrected chi connectivity index (χ2v) is 14.7. The monoisotopic (exact) mass is 541 g/mol. The van der Waals surface area contributed by atoms with Crippen LogP contribution in [0.4, 0.5) is 0 Å². The van der Waals surface area contributed by atoms with Crippen LogP contribution in [-0.2, 0) is 19.1 Å². The molecule has 9 atom stereocenters. The zero-order valence-corrected chi connectivity index (χ0v) is 25.0. The van der Waals surface area contributed by atoms with E-state index in [-0.39, 0.29) is 29.6 Å². The number of allylic oxidation sites excluding steroid dienone is 1. The Balaban J connectivity index is 1.28. The van der Waals surface area contributed by atoms with E-state index in [0.717, 1.165) is 30.4 Å². The first kappa shape index (κ1) is 27.8. The van der Waals surface area contributed by atoms with Gasteiger partial charge < -0.3 is 14.0 Å². The van der Waals surface area contributed by atoms with Gasteiger partial charge in [-0.3, -0.25) is 14.5 Å². The minimum atomic E-state index is -0.151. The van der Waals surface area contributed by atoms with Crippen LogP contribution in [0.2, 0.25) is 0 Å². The number of likely N-dealkylation sites (tertiary alicyclic amines) is 2. The first-order chi connectivity index (χ1) is 18.7. The van der Waals surface area contributed by atoms with Crippen molar-refractivity contribution in [3.63, 3.8) is 0 Å². The van der Waals surface area contributed by atoms with Gasteiger partial charge in [-0.25, -0.2) is 0 Å². The number of ether oxygens (including phenoxy) is 2. The molecular formula is C33H53N2O4+. The number of carbonyl (C=O) groups is 2. The smallest absolute Gasteiger partial charge is 0.303 e. The second kappa shape index (κ2) is 10.8. The SMILES string of the molecule is CC(=O)OC1C=C2CCC3C(CCC4(C)C3CC([N+]3(C)CCCCC3)C4OC(C)=O)C2CC1N1CCCCC1. The molecule has 2 heterocycles. The van der Waals surface area contributed by atoms with Crippen molar-refractivity contribution in [2.24, 2.45) is 29.1 Å². The third-order valence-electron chi connectivity index (χ3n) is 12.5. The molecule has 0 radical (unpaired) electrons. The van der Waals surface area contributed by atoms with Crippen LogP contribution in [0, 0.1) is 29.1 Å². The Bertz CT molecular complexity index is 967. The Hall–Kier alpha value is -1.40. The number of nitrogens with zero attached hydrogens (tertiary/aromatic N) is 2. The molecule has 0 bridgehead atoms. The number of carbonyl (C=O) groups excluding carboxylic acids is 2. The van der Waals surface area contributed by atoms with E-state index in [9.17, 15) is 9.59 Å². The average molecular weight is 542 g/mol. The Morgan fingerprint density at radius 1 is 0.923 bits per heavy atom. The van der Waals surface area contributed by atoms with Gasteiger partial charge in [-0.15, -0.1) is 0 Å². The van der Waals surface area contributed by atoms with Crippen molar-refractivity contribution >= 4 is 11.9 Å². The summed E-state index contributed by atoms with van der Waals surface area (Å²) in [6, 6.07) is 0.749. The van der Waals surface area contributed by atoms with Crippen LogP contribution in [-0.4, -0.2) is 78.8 Å². The number of likely N-dealkylation sites (N-methyl/N-ethyl adjacent to an activating group) is 1. The molecule has 0 aromatic rings. The number of hydrogen-bond donors (Lipinski definition) is 0. The Morgan fingerprint density at radius 3 is 2.31 bits per heavy atom. The predicted molar refractivity (Wildman–Crippen MR) is 152 cm³/mol. The van der Waals surface area contributed by atoms with Gasteiger partial charge in [0.2, 0.25) is 0 Å². The summed E-state index contributed by atoms with van der Waals surface area (Å²) in [6.07, 6.45) is 17.2. The number of fused-ring (bicyclic) bond motifs is 5. The van der Waals surface area contributed by atoms with Crippen LogP contribution in [0.15, 0.2) is 11.6 Å². The lowest BCUT2D eigenvalue weighted by Crippen LogP contribution is -2.60. The molecule has 2 aliphatic heterocycles. The van der Waals surface area contributed by atoms with Crippen molar-refractivity contribution in [1.29, 1.82) is 0 Å². The van der Waals surface area contributed by atoms with Crippen LogP contribution in [0.5, 0.6) is 0 Å². The van der Waals surface area contributed by atoms with Gasteiger partial charge in [0.15, 0.2) is 6.10 Å². The average Bonchev–Trinajstić information content (AvgIpc) is 3.21. The van der Waals surface area contributed by atoms with E-state index in [1.165, 1.54) is 77.3 Å². The van der Waals surface area contributed by atoms with E-state index < -0.39 is 0 Å². The van der Waals surface area contributed by atoms with Crippen LogP contribution >= 0.6 is 0 Å². The van der Waals surface area contributed by atoms with Gasteiger partial charge in [0.25, 0.3) is 0 Å². The van der Waals surface area contributed by atoms with Gasteiger partial charge in [0.05, 0.1) is 26.2 Å². The van der Waals surface area contributed by atoms with Crippen molar-refractivity contribution in [3.8, 4) is 0 Å². The summed E-state index contributed by atoms with van der Waals surface area (Å²) in [5.41, 5.74) is 1.65. The van der Waals surface area contributed by atoms with Gasteiger partial charge in [0.1, 0.15) is 12.1 Å². The number of hydrogen-bond acceptors (Lipinski definition) is 5. The molecule has 3 saturated carbocycles. The summed E-state index contributed by atoms with van der Waals surface area (Å²) >= 11 is 0. The molecule has 6 rings (SSSR count). The van der Waals surface area contributed by atoms with Crippen molar-refractivity contribution in [3.05, 3.63) is 11.6 Å². The van der Waals surface area contributed by atoms with Crippen molar-refractivity contribution in [2.45, 2.75) is 122 Å². The summed E-state index contributed by atoms with van der Waals surface area (Å²) in [5, 5.41) is 0. The summed E-state index contributed by atoms with van der Waals surface area (Å²) in [4.78, 5) is 27.2. The molecule has 4 aliphatic carbocycles. The fourth-order valence-electron chi connectivity index (χ4n) is 10.7. The molecule has 218 valence electrons. The highest BCUT2D eigenvalue weighted by atomic mass is 16.5. The fraction of sp³-hybridized carbons (Fsp3) is 0.879. The fourth-order valence-corrected chi connectivity index (χ4v) is 10.7. The third-order valence-corrected chi connectivity index (χ3v) is 12.5. The largest absolute Gasteiger partial charge is 0.457 e. The van der Waals surface area contributed by atoms with Crippen LogP contribution in [0.25, 0.3) is 0 Å². The number of piperidine rings is 2. The Kier molecular flexibility index (Phi) is 7.67. The lowest BCUT2D eigenvalue weighted by molar-refractivity contribution is -0.940. The van der Waals surface area contributed by atoms with E-state index >= 15 is 0 Å². The minimum Gasteiger partial charge on any atom is -0.457 e. The second-order valence-electron chi connectivity index (χ2n) is 14.7. The molecule has 39 heavy (non-hydrogen) atoms. The molecule has 6 heteroatoms. The van der Waals surface area contributed by atoms with E-state index in [1.807, 2.05) is 0 Å². The summed E-state index contributed by atoms with van der Waals surface area (Å²) in [7, 11) is 2.46. The molecule has 0 aromatic carbocycles. The standard InChI is InChI=1S/C33H53N2O4/c1-22(36)38-31-19-24-11-12-26-25(27(24)20-29(31)34-15-7-5-8-16-34)13-14-33(3)28(26)21-30(32(33)39-23(2)37)35(4)17-9-6-10-18-35/h19,25-32H,5-18,20-21H2,1-4H3/q+1. The molecule has 0 amide bonds. The highest BCUT2D eigenvalue weighted by Gasteiger charge is 2.65. The Labute approximate surface area is 236 Å². The van der Waals surface area contributed by atoms with E-state index in [4.69, 9.17) is 9.47 Å². The topological polar surface area (TPSA) is 55.8 Å². The lowest BCUT2D eigenvalue weighted by Gasteiger charge is -2.55. The highest BCUT2D eigenvalue weighted by molar-refractivity contribution is 5.66. The molecule has 0 spiro atoms. The van der Waals surface area contributed by atoms with Crippen molar-refractivity contribution < 1.29 is 23.5 Å². The maximum atomic E-state index is 12.4. The third kappa shape index (κ3) is 5.00. The minimum absolute atomic E-state index is 0.0433. The number of esters is 2. The summed E-state index contributed by atoms with van der Waals surface area (Å²) in [5.74, 6) is 2.40. The molecule has 2 saturated heterocycles. The molecule has 9 unspecified atom stereocenters. The van der Waals surface area contributed by atoms with Gasteiger partial charge in [-0.1, -0.05) is 18.9 Å². The van der Waals surface area contributed by atoms with Gasteiger partial charge in [-0.2, -0.15) is 0 Å². The molecule has 0 aromatic heterocycles. The van der Waals surface area contributed by atoms with E-state index in [0.29, 0.717) is 35.8 Å². The summed E-state index contributed by atoms with van der Waals surface area (Å²) < 4.78 is 13.4. The van der Waals surface area contributed by atoms with Gasteiger partial charge in [0, 0.05) is 25.7 Å². The van der Waals surface area contributed by atoms with Crippen molar-refractivity contribution in [2.75, 3.05) is 33.2 Å². The number of quaternary nitrogens is 1. The maximum Gasteiger partial charge on any atom is 0.303 e. The van der Waals surface area contributed by atoms with E-state index in [2.05, 4.69) is 24.9 Å². The van der Waals surface area contributed by atoms with Crippen molar-refractivity contribution in [1.82, 2.24) is 4.90 Å². The quantitative estimate of drug-likeness (QED) is 0.267.